The first-order chi connectivity index (χ1) is 14.3. The molecule has 0 bridgehead atoms. The van der Waals surface area contributed by atoms with E-state index in [1.807, 2.05) is 24.3 Å². The molecule has 7 heteroatoms. The molecule has 1 N–H and O–H groups in total. The average Bonchev–Trinajstić information content (AvgIpc) is 2.78. The van der Waals surface area contributed by atoms with E-state index in [1.54, 1.807) is 12.1 Å². The van der Waals surface area contributed by atoms with Crippen molar-refractivity contribution in [3.05, 3.63) is 65.7 Å². The first-order valence-corrected chi connectivity index (χ1v) is 11.5. The summed E-state index contributed by atoms with van der Waals surface area (Å²) >= 11 is 0. The third-order valence-electron chi connectivity index (χ3n) is 5.71. The van der Waals surface area contributed by atoms with Crippen LogP contribution in [0.2, 0.25) is 0 Å². The number of nitrogens with zero attached hydrogens (tertiary/aromatic N) is 2. The van der Waals surface area contributed by atoms with Gasteiger partial charge in [-0.3, -0.25) is 4.79 Å². The van der Waals surface area contributed by atoms with E-state index in [2.05, 4.69) is 31.3 Å². The van der Waals surface area contributed by atoms with Crippen LogP contribution < -0.4 is 5.32 Å². The molecule has 1 amide bonds. The lowest BCUT2D eigenvalue weighted by Crippen LogP contribution is -2.45. The minimum atomic E-state index is -3.75. The normalized spacial score (nSPS) is 16.0. The summed E-state index contributed by atoms with van der Waals surface area (Å²) in [6.45, 7) is 5.23. The standard InChI is InChI=1S/C23H27N3O3S/c1-23(2,20-9-4-3-5-10-20)17-25-22(27)18-12-14-26(15-13-18)30(28,29)21-11-7-6-8-19(21)16-24/h3-11,18H,12-15,17H2,1-2H3,(H,25,27). The van der Waals surface area contributed by atoms with Gasteiger partial charge in [0.2, 0.25) is 15.9 Å². The molecule has 3 rings (SSSR count). The van der Waals surface area contributed by atoms with E-state index in [0.29, 0.717) is 19.4 Å². The molecule has 1 aliphatic rings. The maximum Gasteiger partial charge on any atom is 0.244 e. The SMILES string of the molecule is CC(C)(CNC(=O)C1CCN(S(=O)(=O)c2ccccc2C#N)CC1)c1ccccc1. The summed E-state index contributed by atoms with van der Waals surface area (Å²) in [4.78, 5) is 12.7. The predicted molar refractivity (Wildman–Crippen MR) is 115 cm³/mol. The topological polar surface area (TPSA) is 90.3 Å². The molecule has 30 heavy (non-hydrogen) atoms. The zero-order valence-electron chi connectivity index (χ0n) is 17.3. The third kappa shape index (κ3) is 4.72. The lowest BCUT2D eigenvalue weighted by atomic mass is 9.84. The van der Waals surface area contributed by atoms with Crippen molar-refractivity contribution in [2.75, 3.05) is 19.6 Å². The van der Waals surface area contributed by atoms with Crippen molar-refractivity contribution in [3.8, 4) is 6.07 Å². The van der Waals surface area contributed by atoms with Gasteiger partial charge in [0.1, 0.15) is 6.07 Å². The van der Waals surface area contributed by atoms with E-state index in [-0.39, 0.29) is 40.8 Å². The van der Waals surface area contributed by atoms with Crippen molar-refractivity contribution in [1.29, 1.82) is 5.26 Å². The van der Waals surface area contributed by atoms with Crippen LogP contribution in [0.1, 0.15) is 37.8 Å². The van der Waals surface area contributed by atoms with Gasteiger partial charge in [0.15, 0.2) is 0 Å². The van der Waals surface area contributed by atoms with Crippen LogP contribution >= 0.6 is 0 Å². The highest BCUT2D eigenvalue weighted by Crippen LogP contribution is 2.26. The van der Waals surface area contributed by atoms with E-state index in [4.69, 9.17) is 0 Å². The van der Waals surface area contributed by atoms with Crippen LogP contribution in [0.25, 0.3) is 0 Å². The number of hydrogen-bond donors (Lipinski definition) is 1. The van der Waals surface area contributed by atoms with Crippen molar-refractivity contribution >= 4 is 15.9 Å². The molecule has 1 aliphatic heterocycles. The zero-order valence-corrected chi connectivity index (χ0v) is 18.2. The maximum atomic E-state index is 12.9. The van der Waals surface area contributed by atoms with Crippen LogP contribution in [-0.2, 0) is 20.2 Å². The minimum Gasteiger partial charge on any atom is -0.355 e. The molecule has 0 saturated carbocycles. The van der Waals surface area contributed by atoms with Gasteiger partial charge in [-0.25, -0.2) is 8.42 Å². The van der Waals surface area contributed by atoms with Gasteiger partial charge < -0.3 is 5.32 Å². The van der Waals surface area contributed by atoms with E-state index >= 15 is 0 Å². The van der Waals surface area contributed by atoms with Gasteiger partial charge in [0, 0.05) is 31.0 Å². The summed E-state index contributed by atoms with van der Waals surface area (Å²) < 4.78 is 27.2. The Morgan fingerprint density at radius 3 is 2.33 bits per heavy atom. The molecule has 0 unspecified atom stereocenters. The fourth-order valence-electron chi connectivity index (χ4n) is 3.73. The molecular weight excluding hydrogens is 398 g/mol. The molecule has 1 saturated heterocycles. The van der Waals surface area contributed by atoms with Crippen LogP contribution in [0.15, 0.2) is 59.5 Å². The highest BCUT2D eigenvalue weighted by molar-refractivity contribution is 7.89. The van der Waals surface area contributed by atoms with Crippen molar-refractivity contribution in [2.45, 2.75) is 37.0 Å². The molecule has 0 aromatic heterocycles. The second kappa shape index (κ2) is 8.99. The summed E-state index contributed by atoms with van der Waals surface area (Å²) in [6, 6.07) is 18.2. The average molecular weight is 426 g/mol. The van der Waals surface area contributed by atoms with Crippen molar-refractivity contribution in [1.82, 2.24) is 9.62 Å². The number of sulfonamides is 1. The van der Waals surface area contributed by atoms with Crippen LogP contribution in [0, 0.1) is 17.2 Å². The number of benzene rings is 2. The van der Waals surface area contributed by atoms with Gasteiger partial charge >= 0.3 is 0 Å². The fraction of sp³-hybridized carbons (Fsp3) is 0.391. The maximum absolute atomic E-state index is 12.9. The lowest BCUT2D eigenvalue weighted by molar-refractivity contribution is -0.126. The summed E-state index contributed by atoms with van der Waals surface area (Å²) in [5.74, 6) is -0.247. The van der Waals surface area contributed by atoms with E-state index in [9.17, 15) is 18.5 Å². The quantitative estimate of drug-likeness (QED) is 0.770. The van der Waals surface area contributed by atoms with Gasteiger partial charge in [0.25, 0.3) is 0 Å². The minimum absolute atomic E-state index is 0.0278. The molecule has 6 nitrogen and oxygen atoms in total. The first kappa shape index (κ1) is 22.0. The second-order valence-electron chi connectivity index (χ2n) is 8.25. The van der Waals surface area contributed by atoms with Gasteiger partial charge in [-0.15, -0.1) is 0 Å². The Morgan fingerprint density at radius 1 is 1.10 bits per heavy atom. The van der Waals surface area contributed by atoms with Crippen molar-refractivity contribution < 1.29 is 13.2 Å². The highest BCUT2D eigenvalue weighted by atomic mass is 32.2. The second-order valence-corrected chi connectivity index (χ2v) is 10.2. The van der Waals surface area contributed by atoms with Crippen molar-refractivity contribution in [2.24, 2.45) is 5.92 Å². The third-order valence-corrected chi connectivity index (χ3v) is 7.67. The Morgan fingerprint density at radius 2 is 1.70 bits per heavy atom. The molecule has 0 aliphatic carbocycles. The Kier molecular flexibility index (Phi) is 6.59. The smallest absolute Gasteiger partial charge is 0.244 e. The molecule has 2 aromatic carbocycles. The van der Waals surface area contributed by atoms with Crippen LogP contribution in [0.4, 0.5) is 0 Å². The molecule has 2 aromatic rings. The fourth-order valence-corrected chi connectivity index (χ4v) is 5.34. The Labute approximate surface area is 178 Å². The lowest BCUT2D eigenvalue weighted by Gasteiger charge is -2.32. The number of amides is 1. The summed E-state index contributed by atoms with van der Waals surface area (Å²) in [5, 5.41) is 12.3. The van der Waals surface area contributed by atoms with E-state index in [1.165, 1.54) is 16.4 Å². The molecule has 1 fully saturated rings. The number of piperidine rings is 1. The summed E-state index contributed by atoms with van der Waals surface area (Å²) in [7, 11) is -3.75. The van der Waals surface area contributed by atoms with Gasteiger partial charge in [-0.2, -0.15) is 9.57 Å². The van der Waals surface area contributed by atoms with Crippen LogP contribution in [0.5, 0.6) is 0 Å². The van der Waals surface area contributed by atoms with Crippen LogP contribution in [-0.4, -0.2) is 38.3 Å². The first-order valence-electron chi connectivity index (χ1n) is 10.1. The Hall–Kier alpha value is -2.69. The van der Waals surface area contributed by atoms with Gasteiger partial charge in [-0.05, 0) is 30.5 Å². The summed E-state index contributed by atoms with van der Waals surface area (Å²) in [6.07, 6.45) is 0.928. The molecule has 1 heterocycles. The molecule has 0 atom stereocenters. The van der Waals surface area contributed by atoms with E-state index in [0.717, 1.165) is 5.56 Å². The molecule has 158 valence electrons. The zero-order chi connectivity index (χ0) is 21.8. The molecular formula is C23H27N3O3S. The number of nitriles is 1. The van der Waals surface area contributed by atoms with Gasteiger partial charge in [0.05, 0.1) is 10.5 Å². The van der Waals surface area contributed by atoms with Gasteiger partial charge in [-0.1, -0.05) is 56.3 Å². The highest BCUT2D eigenvalue weighted by Gasteiger charge is 2.33. The monoisotopic (exact) mass is 425 g/mol. The van der Waals surface area contributed by atoms with Crippen molar-refractivity contribution in [3.63, 3.8) is 0 Å². The molecule has 0 spiro atoms. The number of rotatable bonds is 6. The summed E-state index contributed by atoms with van der Waals surface area (Å²) in [5.41, 5.74) is 1.10. The predicted octanol–water partition coefficient (Wildman–Crippen LogP) is 3.05. The van der Waals surface area contributed by atoms with E-state index < -0.39 is 10.0 Å². The number of hydrogen-bond acceptors (Lipinski definition) is 4. The Balaban J connectivity index is 1.59. The number of carbonyl (C=O) groups is 1. The Bertz CT molecular complexity index is 1030. The number of nitrogens with one attached hydrogen (secondary N) is 1. The number of carbonyl (C=O) groups excluding carboxylic acids is 1. The largest absolute Gasteiger partial charge is 0.355 e. The molecule has 0 radical (unpaired) electrons. The van der Waals surface area contributed by atoms with Crippen LogP contribution in [0.3, 0.4) is 0 Å².